The molecule has 1 rings (SSSR count). The van der Waals surface area contributed by atoms with E-state index in [0.717, 1.165) is 0 Å². The third-order valence-electron chi connectivity index (χ3n) is 1.27. The summed E-state index contributed by atoms with van der Waals surface area (Å²) in [6.07, 6.45) is 0.617. The van der Waals surface area contributed by atoms with Crippen LogP contribution in [0.2, 0.25) is 0 Å². The summed E-state index contributed by atoms with van der Waals surface area (Å²) in [7, 11) is 0. The Kier molecular flexibility index (Phi) is 5.19. The van der Waals surface area contributed by atoms with Crippen LogP contribution in [-0.4, -0.2) is 17.4 Å². The van der Waals surface area contributed by atoms with Crippen molar-refractivity contribution in [2.75, 3.05) is 0 Å². The molecule has 0 heterocycles. The number of carboxylic acid groups (broad SMARTS) is 1. The zero-order chi connectivity index (χ0) is 10.3. The molecule has 0 aliphatic carbocycles. The first-order valence-corrected chi connectivity index (χ1v) is 4.02. The van der Waals surface area contributed by atoms with Crippen molar-refractivity contribution in [2.45, 2.75) is 13.8 Å². The summed E-state index contributed by atoms with van der Waals surface area (Å²) in [5.41, 5.74) is 0.513. The minimum atomic E-state index is -1.02. The highest BCUT2D eigenvalue weighted by atomic mass is 16.4. The van der Waals surface area contributed by atoms with Crippen LogP contribution in [0.1, 0.15) is 34.6 Å². The fraction of sp³-hybridized carbons (Fsp3) is 0.200. The molecule has 0 fully saturated rings. The van der Waals surface area contributed by atoms with Gasteiger partial charge in [0, 0.05) is 5.56 Å². The van der Waals surface area contributed by atoms with E-state index >= 15 is 0 Å². The molecule has 1 aromatic carbocycles. The summed E-state index contributed by atoms with van der Waals surface area (Å²) < 4.78 is 0. The topological polar surface area (TPSA) is 54.4 Å². The lowest BCUT2D eigenvalue weighted by molar-refractivity contribution is 0.0697. The molecule has 0 aromatic heterocycles. The van der Waals surface area contributed by atoms with E-state index in [-0.39, 0.29) is 5.56 Å². The Bertz CT molecular complexity index is 292. The first kappa shape index (κ1) is 11.4. The normalized spacial score (nSPS) is 8.15. The number of carboxylic acids is 1. The molecule has 0 atom stereocenters. The summed E-state index contributed by atoms with van der Waals surface area (Å²) in [6, 6.07) is 5.86. The highest BCUT2D eigenvalue weighted by molar-refractivity contribution is 5.90. The highest BCUT2D eigenvalue weighted by Gasteiger charge is 2.01. The van der Waals surface area contributed by atoms with Gasteiger partial charge in [0.2, 0.25) is 0 Å². The molecular formula is C10H12O3. The summed E-state index contributed by atoms with van der Waals surface area (Å²) in [6.45, 7) is 4.00. The molecule has 0 saturated heterocycles. The summed E-state index contributed by atoms with van der Waals surface area (Å²) in [4.78, 5) is 20.5. The molecule has 1 N–H and O–H groups in total. The monoisotopic (exact) mass is 180 g/mol. The van der Waals surface area contributed by atoms with Gasteiger partial charge in [0.25, 0.3) is 0 Å². The van der Waals surface area contributed by atoms with Crippen LogP contribution < -0.4 is 0 Å². The predicted molar refractivity (Wildman–Crippen MR) is 50.1 cm³/mol. The number of carbonyl (C=O) groups is 2. The van der Waals surface area contributed by atoms with Gasteiger partial charge in [0.05, 0.1) is 5.56 Å². The van der Waals surface area contributed by atoms with Crippen molar-refractivity contribution in [2.24, 2.45) is 0 Å². The van der Waals surface area contributed by atoms with Crippen LogP contribution in [0.4, 0.5) is 0 Å². The van der Waals surface area contributed by atoms with Crippen LogP contribution in [0, 0.1) is 0 Å². The van der Waals surface area contributed by atoms with E-state index in [9.17, 15) is 9.59 Å². The van der Waals surface area contributed by atoms with Crippen LogP contribution in [0.5, 0.6) is 0 Å². The lowest BCUT2D eigenvalue weighted by Crippen LogP contribution is -1.96. The van der Waals surface area contributed by atoms with E-state index in [4.69, 9.17) is 5.11 Å². The van der Waals surface area contributed by atoms with Crippen molar-refractivity contribution in [1.29, 1.82) is 0 Å². The van der Waals surface area contributed by atoms with Gasteiger partial charge in [0.1, 0.15) is 6.29 Å². The lowest BCUT2D eigenvalue weighted by atomic mass is 10.1. The molecule has 3 nitrogen and oxygen atoms in total. The first-order valence-electron chi connectivity index (χ1n) is 4.02. The average Bonchev–Trinajstić information content (AvgIpc) is 2.21. The van der Waals surface area contributed by atoms with Crippen LogP contribution in [0.25, 0.3) is 0 Å². The summed E-state index contributed by atoms with van der Waals surface area (Å²) in [5.74, 6) is -1.02. The molecule has 0 spiro atoms. The number of hydrogen-bond acceptors (Lipinski definition) is 2. The number of benzene rings is 1. The Labute approximate surface area is 77.0 Å². The molecule has 0 amide bonds. The van der Waals surface area contributed by atoms with Crippen molar-refractivity contribution in [3.63, 3.8) is 0 Å². The van der Waals surface area contributed by atoms with E-state index in [0.29, 0.717) is 11.8 Å². The summed E-state index contributed by atoms with van der Waals surface area (Å²) in [5, 5.41) is 8.49. The van der Waals surface area contributed by atoms with E-state index in [2.05, 4.69) is 0 Å². The Hall–Kier alpha value is -1.64. The second kappa shape index (κ2) is 5.94. The SMILES string of the molecule is CC.O=Cc1cccc(C(=O)O)c1. The first-order chi connectivity index (χ1) is 6.24. The third-order valence-corrected chi connectivity index (χ3v) is 1.27. The zero-order valence-corrected chi connectivity index (χ0v) is 7.65. The van der Waals surface area contributed by atoms with Crippen molar-refractivity contribution < 1.29 is 14.7 Å². The van der Waals surface area contributed by atoms with Crippen LogP contribution in [-0.2, 0) is 0 Å². The van der Waals surface area contributed by atoms with Gasteiger partial charge in [-0.25, -0.2) is 4.79 Å². The molecule has 70 valence electrons. The molecule has 0 saturated carbocycles. The van der Waals surface area contributed by atoms with Crippen LogP contribution in [0.3, 0.4) is 0 Å². The fourth-order valence-corrected chi connectivity index (χ4v) is 0.745. The Morgan fingerprint density at radius 3 is 2.46 bits per heavy atom. The van der Waals surface area contributed by atoms with Gasteiger partial charge in [0.15, 0.2) is 0 Å². The van der Waals surface area contributed by atoms with Crippen molar-refractivity contribution >= 4 is 12.3 Å². The van der Waals surface area contributed by atoms with Gasteiger partial charge in [-0.05, 0) is 12.1 Å². The maximum Gasteiger partial charge on any atom is 0.335 e. The maximum atomic E-state index is 10.4. The second-order valence-electron chi connectivity index (χ2n) is 2.05. The average molecular weight is 180 g/mol. The number of rotatable bonds is 2. The predicted octanol–water partition coefficient (Wildman–Crippen LogP) is 2.22. The smallest absolute Gasteiger partial charge is 0.335 e. The van der Waals surface area contributed by atoms with Gasteiger partial charge >= 0.3 is 5.97 Å². The van der Waals surface area contributed by atoms with Crippen molar-refractivity contribution in [3.8, 4) is 0 Å². The molecule has 13 heavy (non-hydrogen) atoms. The van der Waals surface area contributed by atoms with Crippen molar-refractivity contribution in [3.05, 3.63) is 35.4 Å². The highest BCUT2D eigenvalue weighted by Crippen LogP contribution is 2.02. The molecule has 0 unspecified atom stereocenters. The number of carbonyl (C=O) groups excluding carboxylic acids is 1. The van der Waals surface area contributed by atoms with Gasteiger partial charge in [-0.1, -0.05) is 26.0 Å². The van der Waals surface area contributed by atoms with E-state index in [1.807, 2.05) is 13.8 Å². The molecule has 0 bridgehead atoms. The molecule has 3 heteroatoms. The van der Waals surface area contributed by atoms with E-state index < -0.39 is 5.97 Å². The quantitative estimate of drug-likeness (QED) is 0.710. The van der Waals surface area contributed by atoms with Crippen molar-refractivity contribution in [1.82, 2.24) is 0 Å². The van der Waals surface area contributed by atoms with Gasteiger partial charge in [-0.2, -0.15) is 0 Å². The third kappa shape index (κ3) is 3.51. The van der Waals surface area contributed by atoms with Crippen LogP contribution in [0.15, 0.2) is 24.3 Å². The molecule has 0 aliphatic rings. The molecule has 0 aliphatic heterocycles. The van der Waals surface area contributed by atoms with E-state index in [1.54, 1.807) is 6.07 Å². The minimum Gasteiger partial charge on any atom is -0.478 e. The minimum absolute atomic E-state index is 0.134. The molecule has 0 radical (unpaired) electrons. The Morgan fingerprint density at radius 1 is 1.38 bits per heavy atom. The fourth-order valence-electron chi connectivity index (χ4n) is 0.745. The molecular weight excluding hydrogens is 168 g/mol. The van der Waals surface area contributed by atoms with Gasteiger partial charge in [-0.15, -0.1) is 0 Å². The van der Waals surface area contributed by atoms with E-state index in [1.165, 1.54) is 18.2 Å². The Balaban J connectivity index is 0.000000671. The zero-order valence-electron chi connectivity index (χ0n) is 7.65. The standard InChI is InChI=1S/C8H6O3.C2H6/c9-5-6-2-1-3-7(4-6)8(10)11;1-2/h1-5H,(H,10,11);1-2H3. The van der Waals surface area contributed by atoms with Gasteiger partial charge in [-0.3, -0.25) is 4.79 Å². The molecule has 1 aromatic rings. The largest absolute Gasteiger partial charge is 0.478 e. The lowest BCUT2D eigenvalue weighted by Gasteiger charge is -1.92. The number of aldehydes is 1. The number of aromatic carboxylic acids is 1. The summed E-state index contributed by atoms with van der Waals surface area (Å²) >= 11 is 0. The second-order valence-corrected chi connectivity index (χ2v) is 2.05. The number of hydrogen-bond donors (Lipinski definition) is 1. The van der Waals surface area contributed by atoms with Crippen LogP contribution >= 0.6 is 0 Å². The maximum absolute atomic E-state index is 10.4. The Morgan fingerprint density at radius 2 is 2.00 bits per heavy atom. The van der Waals surface area contributed by atoms with Gasteiger partial charge < -0.3 is 5.11 Å².